The molecular weight excluding hydrogens is 271 g/mol. The summed E-state index contributed by atoms with van der Waals surface area (Å²) in [4.78, 5) is 24.9. The summed E-state index contributed by atoms with van der Waals surface area (Å²) in [5.41, 5.74) is 0.239. The number of rotatable bonds is 0. The topological polar surface area (TPSA) is 37.4 Å². The number of alkyl halides is 3. The van der Waals surface area contributed by atoms with Crippen LogP contribution in [-0.2, 0) is 17.4 Å². The van der Waals surface area contributed by atoms with Gasteiger partial charge >= 0.3 is 6.18 Å². The van der Waals surface area contributed by atoms with Crippen LogP contribution in [-0.4, -0.2) is 23.8 Å². The number of halogens is 3. The summed E-state index contributed by atoms with van der Waals surface area (Å²) in [6.07, 6.45) is -1.92. The number of likely N-dealkylation sites (N-methyl/N-ethyl adjacent to an activating group) is 1. The van der Waals surface area contributed by atoms with Crippen molar-refractivity contribution in [1.82, 2.24) is 4.90 Å². The lowest BCUT2D eigenvalue weighted by molar-refractivity contribution is -0.137. The van der Waals surface area contributed by atoms with Gasteiger partial charge in [-0.3, -0.25) is 14.5 Å². The summed E-state index contributed by atoms with van der Waals surface area (Å²) in [7, 11) is 1.28. The Morgan fingerprint density at radius 3 is 2.50 bits per heavy atom. The van der Waals surface area contributed by atoms with Gasteiger partial charge in [0.2, 0.25) is 0 Å². The first-order valence-corrected chi connectivity index (χ1v) is 6.07. The molecule has 3 nitrogen and oxygen atoms in total. The van der Waals surface area contributed by atoms with Gasteiger partial charge in [-0.2, -0.15) is 13.2 Å². The third-order valence-electron chi connectivity index (χ3n) is 3.65. The first-order chi connectivity index (χ1) is 9.30. The van der Waals surface area contributed by atoms with Crippen molar-refractivity contribution in [3.05, 3.63) is 40.5 Å². The van der Waals surface area contributed by atoms with E-state index in [4.69, 9.17) is 0 Å². The van der Waals surface area contributed by atoms with E-state index < -0.39 is 23.6 Å². The fraction of sp³-hybridized carbons (Fsp3) is 0.286. The number of carbonyl (C=O) groups is 2. The molecule has 0 N–H and O–H groups in total. The Hall–Kier alpha value is -2.11. The minimum atomic E-state index is -4.51. The average Bonchev–Trinajstić information content (AvgIpc) is 2.40. The highest BCUT2D eigenvalue weighted by molar-refractivity contribution is 6.31. The maximum Gasteiger partial charge on any atom is 0.416 e. The zero-order valence-electron chi connectivity index (χ0n) is 10.5. The standard InChI is InChI=1S/C14H10F3NO2/c1-18-12(19)9-4-2-3-7-5-8(14(15,16)17)6-10(11(7)9)13(18)20/h4-6H,2-3H2,1H3. The van der Waals surface area contributed by atoms with Crippen LogP contribution in [0, 0.1) is 0 Å². The van der Waals surface area contributed by atoms with Gasteiger partial charge in [-0.15, -0.1) is 0 Å². The van der Waals surface area contributed by atoms with Crippen LogP contribution in [0.25, 0.3) is 5.57 Å². The number of aryl methyl sites for hydroxylation is 1. The Kier molecular flexibility index (Phi) is 2.54. The van der Waals surface area contributed by atoms with E-state index in [-0.39, 0.29) is 5.56 Å². The van der Waals surface area contributed by atoms with E-state index in [1.165, 1.54) is 7.05 Å². The Morgan fingerprint density at radius 1 is 1.15 bits per heavy atom. The quantitative estimate of drug-likeness (QED) is 0.686. The van der Waals surface area contributed by atoms with Crippen molar-refractivity contribution in [1.29, 1.82) is 0 Å². The molecule has 0 spiro atoms. The summed E-state index contributed by atoms with van der Waals surface area (Å²) in [5.74, 6) is -1.14. The van der Waals surface area contributed by atoms with Gasteiger partial charge in [0.25, 0.3) is 11.8 Å². The molecule has 2 aliphatic rings. The number of nitrogens with zero attached hydrogens (tertiary/aromatic N) is 1. The molecule has 1 heterocycles. The number of benzene rings is 1. The second-order valence-electron chi connectivity index (χ2n) is 4.88. The molecule has 0 saturated carbocycles. The Labute approximate surface area is 112 Å². The molecule has 104 valence electrons. The van der Waals surface area contributed by atoms with Crippen LogP contribution in [0.3, 0.4) is 0 Å². The van der Waals surface area contributed by atoms with Crippen LogP contribution in [0.4, 0.5) is 13.2 Å². The molecule has 2 amide bonds. The highest BCUT2D eigenvalue weighted by atomic mass is 19.4. The zero-order chi connectivity index (χ0) is 14.7. The molecule has 0 saturated heterocycles. The zero-order valence-corrected chi connectivity index (χ0v) is 10.5. The summed E-state index contributed by atoms with van der Waals surface area (Å²) in [5, 5.41) is 0. The SMILES string of the molecule is CN1C(=O)C2=CCCc3cc(C(F)(F)F)cc(c32)C1=O. The molecule has 20 heavy (non-hydrogen) atoms. The molecule has 1 aliphatic heterocycles. The van der Waals surface area contributed by atoms with Gasteiger partial charge in [0.1, 0.15) is 0 Å². The van der Waals surface area contributed by atoms with Crippen molar-refractivity contribution in [2.75, 3.05) is 7.05 Å². The summed E-state index contributed by atoms with van der Waals surface area (Å²) in [6.45, 7) is 0. The number of allylic oxidation sites excluding steroid dienone is 1. The van der Waals surface area contributed by atoms with E-state index in [0.29, 0.717) is 29.5 Å². The van der Waals surface area contributed by atoms with E-state index >= 15 is 0 Å². The van der Waals surface area contributed by atoms with E-state index in [1.807, 2.05) is 0 Å². The first kappa shape index (κ1) is 12.9. The fourth-order valence-corrected chi connectivity index (χ4v) is 2.67. The first-order valence-electron chi connectivity index (χ1n) is 6.07. The van der Waals surface area contributed by atoms with Crippen molar-refractivity contribution in [3.63, 3.8) is 0 Å². The van der Waals surface area contributed by atoms with E-state index in [1.54, 1.807) is 6.08 Å². The van der Waals surface area contributed by atoms with Gasteiger partial charge in [0.05, 0.1) is 5.56 Å². The minimum Gasteiger partial charge on any atom is -0.277 e. The summed E-state index contributed by atoms with van der Waals surface area (Å²) >= 11 is 0. The number of hydrogen-bond donors (Lipinski definition) is 0. The van der Waals surface area contributed by atoms with Crippen LogP contribution in [0.15, 0.2) is 18.2 Å². The van der Waals surface area contributed by atoms with Crippen molar-refractivity contribution in [2.45, 2.75) is 19.0 Å². The second-order valence-corrected chi connectivity index (χ2v) is 4.88. The number of amides is 2. The monoisotopic (exact) mass is 281 g/mol. The van der Waals surface area contributed by atoms with Crippen LogP contribution in [0.5, 0.6) is 0 Å². The van der Waals surface area contributed by atoms with Gasteiger partial charge in [-0.25, -0.2) is 0 Å². The van der Waals surface area contributed by atoms with Crippen LogP contribution < -0.4 is 0 Å². The molecule has 0 bridgehead atoms. The second kappa shape index (κ2) is 3.94. The van der Waals surface area contributed by atoms with Gasteiger partial charge in [0, 0.05) is 23.7 Å². The predicted octanol–water partition coefficient (Wildman–Crippen LogP) is 2.65. The Morgan fingerprint density at radius 2 is 1.85 bits per heavy atom. The van der Waals surface area contributed by atoms with Gasteiger partial charge in [0.15, 0.2) is 0 Å². The van der Waals surface area contributed by atoms with Crippen molar-refractivity contribution in [2.24, 2.45) is 0 Å². The third kappa shape index (κ3) is 1.67. The lowest BCUT2D eigenvalue weighted by atomic mass is 9.82. The summed E-state index contributed by atoms with van der Waals surface area (Å²) in [6, 6.07) is 1.88. The molecule has 1 aromatic rings. The largest absolute Gasteiger partial charge is 0.416 e. The smallest absolute Gasteiger partial charge is 0.277 e. The van der Waals surface area contributed by atoms with E-state index in [0.717, 1.165) is 17.0 Å². The lowest BCUT2D eigenvalue weighted by Crippen LogP contribution is -2.39. The van der Waals surface area contributed by atoms with Gasteiger partial charge < -0.3 is 0 Å². The molecule has 0 unspecified atom stereocenters. The average molecular weight is 281 g/mol. The predicted molar refractivity (Wildman–Crippen MR) is 64.8 cm³/mol. The molecule has 1 aliphatic carbocycles. The van der Waals surface area contributed by atoms with Crippen molar-refractivity contribution >= 4 is 17.4 Å². The van der Waals surface area contributed by atoms with Crippen molar-refractivity contribution in [3.8, 4) is 0 Å². The van der Waals surface area contributed by atoms with Gasteiger partial charge in [-0.1, -0.05) is 6.08 Å². The lowest BCUT2D eigenvalue weighted by Gasteiger charge is -2.30. The normalized spacial score (nSPS) is 18.0. The fourth-order valence-electron chi connectivity index (χ4n) is 2.67. The highest BCUT2D eigenvalue weighted by Gasteiger charge is 2.39. The van der Waals surface area contributed by atoms with Crippen molar-refractivity contribution < 1.29 is 22.8 Å². The van der Waals surface area contributed by atoms with E-state index in [2.05, 4.69) is 0 Å². The van der Waals surface area contributed by atoms with Gasteiger partial charge in [-0.05, 0) is 30.5 Å². The molecule has 0 atom stereocenters. The molecule has 1 aromatic carbocycles. The third-order valence-corrected chi connectivity index (χ3v) is 3.65. The maximum absolute atomic E-state index is 12.9. The Bertz CT molecular complexity index is 674. The highest BCUT2D eigenvalue weighted by Crippen LogP contribution is 2.39. The number of imide groups is 1. The van der Waals surface area contributed by atoms with Crippen LogP contribution in [0.1, 0.15) is 33.5 Å². The molecule has 0 radical (unpaired) electrons. The number of hydrogen-bond acceptors (Lipinski definition) is 2. The molecule has 6 heteroatoms. The number of carbonyl (C=O) groups excluding carboxylic acids is 2. The van der Waals surface area contributed by atoms with Crippen LogP contribution in [0.2, 0.25) is 0 Å². The molecule has 3 rings (SSSR count). The molecular formula is C14H10F3NO2. The molecule has 0 aromatic heterocycles. The maximum atomic E-state index is 12.9. The minimum absolute atomic E-state index is 0.0390. The summed E-state index contributed by atoms with van der Waals surface area (Å²) < 4.78 is 38.7. The molecule has 0 fully saturated rings. The van der Waals surface area contributed by atoms with E-state index in [9.17, 15) is 22.8 Å². The van der Waals surface area contributed by atoms with Crippen LogP contribution >= 0.6 is 0 Å². The Balaban J connectivity index is 2.32.